The van der Waals surface area contributed by atoms with Gasteiger partial charge in [-0.05, 0) is 41.1 Å². The molecule has 0 spiro atoms. The third-order valence-electron chi connectivity index (χ3n) is 2.29. The van der Waals surface area contributed by atoms with Gasteiger partial charge >= 0.3 is 0 Å². The van der Waals surface area contributed by atoms with Crippen molar-refractivity contribution in [3.63, 3.8) is 0 Å². The molecule has 0 saturated heterocycles. The summed E-state index contributed by atoms with van der Waals surface area (Å²) < 4.78 is 12.8. The quantitative estimate of drug-likeness (QED) is 0.819. The van der Waals surface area contributed by atoms with Crippen LogP contribution in [0.25, 0.3) is 10.4 Å². The SMILES string of the molecule is CCc1csc(-c2ccc(F)c(O)c2)c1. The molecule has 0 bridgehead atoms. The molecule has 0 aliphatic carbocycles. The van der Waals surface area contributed by atoms with Gasteiger partial charge in [0, 0.05) is 4.88 Å². The summed E-state index contributed by atoms with van der Waals surface area (Å²) in [5, 5.41) is 11.3. The lowest BCUT2D eigenvalue weighted by molar-refractivity contribution is 0.433. The summed E-state index contributed by atoms with van der Waals surface area (Å²) in [6.07, 6.45) is 0.990. The van der Waals surface area contributed by atoms with E-state index in [2.05, 4.69) is 18.4 Å². The molecule has 1 N–H and O–H groups in total. The molecular formula is C12H11FOS. The first-order valence-electron chi connectivity index (χ1n) is 4.77. The first-order chi connectivity index (χ1) is 7.20. The molecule has 0 radical (unpaired) electrons. The fourth-order valence-electron chi connectivity index (χ4n) is 1.38. The first kappa shape index (κ1) is 10.2. The number of phenolic OH excluding ortho intramolecular Hbond substituents is 1. The van der Waals surface area contributed by atoms with Gasteiger partial charge < -0.3 is 5.11 Å². The van der Waals surface area contributed by atoms with Crippen LogP contribution < -0.4 is 0 Å². The molecule has 3 heteroatoms. The number of rotatable bonds is 2. The molecule has 0 amide bonds. The van der Waals surface area contributed by atoms with Gasteiger partial charge in [-0.1, -0.05) is 13.0 Å². The van der Waals surface area contributed by atoms with Gasteiger partial charge in [0.2, 0.25) is 0 Å². The third-order valence-corrected chi connectivity index (χ3v) is 3.32. The Morgan fingerprint density at radius 2 is 2.13 bits per heavy atom. The second kappa shape index (κ2) is 4.03. The highest BCUT2D eigenvalue weighted by molar-refractivity contribution is 7.13. The molecule has 78 valence electrons. The fraction of sp³-hybridized carbons (Fsp3) is 0.167. The highest BCUT2D eigenvalue weighted by atomic mass is 32.1. The van der Waals surface area contributed by atoms with Crippen LogP contribution in [0.3, 0.4) is 0 Å². The lowest BCUT2D eigenvalue weighted by Gasteiger charge is -1.99. The number of phenols is 1. The molecule has 0 aliphatic heterocycles. The van der Waals surface area contributed by atoms with E-state index in [9.17, 15) is 9.50 Å². The third kappa shape index (κ3) is 2.02. The summed E-state index contributed by atoms with van der Waals surface area (Å²) in [7, 11) is 0. The van der Waals surface area contributed by atoms with Gasteiger partial charge in [0.25, 0.3) is 0 Å². The molecule has 0 atom stereocenters. The minimum atomic E-state index is -0.578. The van der Waals surface area contributed by atoms with Crippen molar-refractivity contribution < 1.29 is 9.50 Å². The number of aromatic hydroxyl groups is 1. The molecular weight excluding hydrogens is 211 g/mol. The number of benzene rings is 1. The van der Waals surface area contributed by atoms with Gasteiger partial charge in [-0.25, -0.2) is 4.39 Å². The molecule has 1 heterocycles. The summed E-state index contributed by atoms with van der Waals surface area (Å²) in [5.74, 6) is -0.870. The first-order valence-corrected chi connectivity index (χ1v) is 5.65. The van der Waals surface area contributed by atoms with Crippen LogP contribution in [0.1, 0.15) is 12.5 Å². The van der Waals surface area contributed by atoms with E-state index in [0.717, 1.165) is 16.9 Å². The van der Waals surface area contributed by atoms with Gasteiger partial charge in [-0.3, -0.25) is 0 Å². The molecule has 1 aromatic heterocycles. The molecule has 2 aromatic rings. The van der Waals surface area contributed by atoms with Crippen LogP contribution in [-0.2, 0) is 6.42 Å². The van der Waals surface area contributed by atoms with Crippen molar-refractivity contribution in [2.75, 3.05) is 0 Å². The smallest absolute Gasteiger partial charge is 0.164 e. The van der Waals surface area contributed by atoms with Gasteiger partial charge in [0.05, 0.1) is 0 Å². The average Bonchev–Trinajstić information content (AvgIpc) is 2.70. The van der Waals surface area contributed by atoms with Crippen LogP contribution in [0.2, 0.25) is 0 Å². The zero-order valence-electron chi connectivity index (χ0n) is 8.33. The summed E-state index contributed by atoms with van der Waals surface area (Å²) in [4.78, 5) is 1.06. The monoisotopic (exact) mass is 222 g/mol. The van der Waals surface area contributed by atoms with Crippen molar-refractivity contribution in [3.05, 3.63) is 41.0 Å². The Hall–Kier alpha value is -1.35. The van der Waals surface area contributed by atoms with Crippen molar-refractivity contribution >= 4 is 11.3 Å². The van der Waals surface area contributed by atoms with E-state index in [1.807, 2.05) is 0 Å². The molecule has 0 saturated carbocycles. The number of thiophene rings is 1. The largest absolute Gasteiger partial charge is 0.505 e. The van der Waals surface area contributed by atoms with Gasteiger partial charge in [-0.2, -0.15) is 0 Å². The van der Waals surface area contributed by atoms with Crippen LogP contribution in [0.4, 0.5) is 4.39 Å². The maximum atomic E-state index is 12.8. The molecule has 0 fully saturated rings. The number of halogens is 1. The zero-order chi connectivity index (χ0) is 10.8. The Balaban J connectivity index is 2.40. The van der Waals surface area contributed by atoms with Crippen LogP contribution in [0.5, 0.6) is 5.75 Å². The van der Waals surface area contributed by atoms with Crippen LogP contribution in [0, 0.1) is 5.82 Å². The van der Waals surface area contributed by atoms with E-state index in [-0.39, 0.29) is 5.75 Å². The van der Waals surface area contributed by atoms with Gasteiger partial charge in [-0.15, -0.1) is 11.3 Å². The van der Waals surface area contributed by atoms with Crippen molar-refractivity contribution in [3.8, 4) is 16.2 Å². The average molecular weight is 222 g/mol. The molecule has 1 nitrogen and oxygen atoms in total. The Kier molecular flexibility index (Phi) is 2.73. The Labute approximate surface area is 91.8 Å². The van der Waals surface area contributed by atoms with Gasteiger partial charge in [0.15, 0.2) is 11.6 Å². The minimum absolute atomic E-state index is 0.293. The lowest BCUT2D eigenvalue weighted by Crippen LogP contribution is -1.78. The number of aryl methyl sites for hydroxylation is 1. The molecule has 0 unspecified atom stereocenters. The van der Waals surface area contributed by atoms with Crippen LogP contribution >= 0.6 is 11.3 Å². The summed E-state index contributed by atoms with van der Waals surface area (Å²) >= 11 is 1.61. The zero-order valence-corrected chi connectivity index (χ0v) is 9.14. The van der Waals surface area contributed by atoms with Crippen LogP contribution in [-0.4, -0.2) is 5.11 Å². The lowest BCUT2D eigenvalue weighted by atomic mass is 10.1. The number of hydrogen-bond acceptors (Lipinski definition) is 2. The predicted molar refractivity (Wildman–Crippen MR) is 60.8 cm³/mol. The highest BCUT2D eigenvalue weighted by Gasteiger charge is 2.05. The maximum absolute atomic E-state index is 12.8. The van der Waals surface area contributed by atoms with E-state index < -0.39 is 5.82 Å². The van der Waals surface area contributed by atoms with Crippen molar-refractivity contribution in [2.45, 2.75) is 13.3 Å². The summed E-state index contributed by atoms with van der Waals surface area (Å²) in [6.45, 7) is 2.09. The Morgan fingerprint density at radius 3 is 2.73 bits per heavy atom. The minimum Gasteiger partial charge on any atom is -0.505 e. The van der Waals surface area contributed by atoms with E-state index in [1.54, 1.807) is 17.4 Å². The van der Waals surface area contributed by atoms with E-state index >= 15 is 0 Å². The molecule has 0 aliphatic rings. The van der Waals surface area contributed by atoms with Crippen LogP contribution in [0.15, 0.2) is 29.6 Å². The summed E-state index contributed by atoms with van der Waals surface area (Å²) in [5.41, 5.74) is 2.12. The van der Waals surface area contributed by atoms with E-state index in [1.165, 1.54) is 17.7 Å². The maximum Gasteiger partial charge on any atom is 0.164 e. The topological polar surface area (TPSA) is 20.2 Å². The Morgan fingerprint density at radius 1 is 1.33 bits per heavy atom. The normalized spacial score (nSPS) is 10.5. The fourth-order valence-corrected chi connectivity index (χ4v) is 2.37. The van der Waals surface area contributed by atoms with Crippen molar-refractivity contribution in [1.82, 2.24) is 0 Å². The second-order valence-electron chi connectivity index (χ2n) is 3.34. The van der Waals surface area contributed by atoms with Crippen molar-refractivity contribution in [1.29, 1.82) is 0 Å². The second-order valence-corrected chi connectivity index (χ2v) is 4.25. The number of hydrogen-bond donors (Lipinski definition) is 1. The van der Waals surface area contributed by atoms with Gasteiger partial charge in [0.1, 0.15) is 0 Å². The molecule has 1 aromatic carbocycles. The standard InChI is InChI=1S/C12H11FOS/c1-2-8-5-12(15-7-8)9-3-4-10(13)11(14)6-9/h3-7,14H,2H2,1H3. The summed E-state index contributed by atoms with van der Waals surface area (Å²) in [6, 6.07) is 6.49. The molecule has 15 heavy (non-hydrogen) atoms. The van der Waals surface area contributed by atoms with E-state index in [0.29, 0.717) is 0 Å². The highest BCUT2D eigenvalue weighted by Crippen LogP contribution is 2.30. The Bertz CT molecular complexity index is 476. The predicted octanol–water partition coefficient (Wildman–Crippen LogP) is 3.82. The molecule has 2 rings (SSSR count). The van der Waals surface area contributed by atoms with E-state index in [4.69, 9.17) is 0 Å². The van der Waals surface area contributed by atoms with Crippen molar-refractivity contribution in [2.24, 2.45) is 0 Å².